The SMILES string of the molecule is CC(=O)OC(=O)c1ccccc1.[Ni]. The Bertz CT molecular complexity index is 295. The molecule has 0 bridgehead atoms. The molecule has 0 amide bonds. The first-order valence-corrected chi connectivity index (χ1v) is 3.48. The maximum Gasteiger partial charge on any atom is 0.345 e. The quantitative estimate of drug-likeness (QED) is 0.410. The van der Waals surface area contributed by atoms with Crippen LogP contribution in [-0.4, -0.2) is 11.9 Å². The molecule has 0 radical (unpaired) electrons. The molecule has 3 nitrogen and oxygen atoms in total. The van der Waals surface area contributed by atoms with Crippen LogP contribution < -0.4 is 0 Å². The summed E-state index contributed by atoms with van der Waals surface area (Å²) in [6, 6.07) is 8.37. The van der Waals surface area contributed by atoms with Gasteiger partial charge in [0.05, 0.1) is 5.56 Å². The molecule has 1 aromatic carbocycles. The first kappa shape index (κ1) is 11.9. The van der Waals surface area contributed by atoms with Gasteiger partial charge in [0.25, 0.3) is 0 Å². The van der Waals surface area contributed by atoms with Crippen molar-refractivity contribution in [3.63, 3.8) is 0 Å². The second kappa shape index (κ2) is 5.49. The van der Waals surface area contributed by atoms with Crippen LogP contribution in [0.1, 0.15) is 17.3 Å². The summed E-state index contributed by atoms with van der Waals surface area (Å²) in [7, 11) is 0. The van der Waals surface area contributed by atoms with E-state index >= 15 is 0 Å². The van der Waals surface area contributed by atoms with Crippen LogP contribution in [0, 0.1) is 0 Å². The fraction of sp³-hybridized carbons (Fsp3) is 0.111. The van der Waals surface area contributed by atoms with Gasteiger partial charge >= 0.3 is 11.9 Å². The molecule has 0 spiro atoms. The molecule has 0 saturated heterocycles. The van der Waals surface area contributed by atoms with Crippen molar-refractivity contribution in [3.8, 4) is 0 Å². The molecule has 1 rings (SSSR count). The number of carbonyl (C=O) groups is 2. The van der Waals surface area contributed by atoms with E-state index in [9.17, 15) is 9.59 Å². The minimum atomic E-state index is -0.608. The Hall–Kier alpha value is -1.15. The average molecular weight is 223 g/mol. The van der Waals surface area contributed by atoms with Gasteiger partial charge in [-0.3, -0.25) is 4.79 Å². The fourth-order valence-electron chi connectivity index (χ4n) is 0.764. The van der Waals surface area contributed by atoms with Crippen LogP contribution in [-0.2, 0) is 26.0 Å². The number of hydrogen-bond donors (Lipinski definition) is 0. The number of esters is 2. The molecule has 0 aliphatic heterocycles. The van der Waals surface area contributed by atoms with Crippen LogP contribution >= 0.6 is 0 Å². The van der Waals surface area contributed by atoms with Crippen LogP contribution in [0.25, 0.3) is 0 Å². The fourth-order valence-corrected chi connectivity index (χ4v) is 0.764. The standard InChI is InChI=1S/C9H8O3.Ni/c1-7(10)12-9(11)8-5-3-2-4-6-8;/h2-6H,1H3;. The van der Waals surface area contributed by atoms with Gasteiger partial charge in [-0.2, -0.15) is 0 Å². The van der Waals surface area contributed by atoms with E-state index in [1.807, 2.05) is 0 Å². The molecule has 0 aliphatic rings. The number of hydrogen-bond acceptors (Lipinski definition) is 3. The van der Waals surface area contributed by atoms with Gasteiger partial charge in [0.15, 0.2) is 0 Å². The third-order valence-corrected chi connectivity index (χ3v) is 1.25. The minimum absolute atomic E-state index is 0. The van der Waals surface area contributed by atoms with Gasteiger partial charge in [0, 0.05) is 23.4 Å². The van der Waals surface area contributed by atoms with Crippen molar-refractivity contribution in [2.75, 3.05) is 0 Å². The molecule has 0 aliphatic carbocycles. The first-order chi connectivity index (χ1) is 5.70. The molecule has 0 heterocycles. The van der Waals surface area contributed by atoms with E-state index in [1.165, 1.54) is 6.92 Å². The van der Waals surface area contributed by atoms with Crippen LogP contribution in [0.4, 0.5) is 0 Å². The summed E-state index contributed by atoms with van der Waals surface area (Å²) in [5.41, 5.74) is 0.382. The van der Waals surface area contributed by atoms with Crippen molar-refractivity contribution < 1.29 is 30.8 Å². The number of benzene rings is 1. The Kier molecular flexibility index (Phi) is 5.01. The van der Waals surface area contributed by atoms with Crippen LogP contribution in [0.2, 0.25) is 0 Å². The average Bonchev–Trinajstić information content (AvgIpc) is 2.05. The molecular weight excluding hydrogens is 215 g/mol. The van der Waals surface area contributed by atoms with E-state index in [2.05, 4.69) is 4.74 Å². The van der Waals surface area contributed by atoms with E-state index in [-0.39, 0.29) is 16.5 Å². The van der Waals surface area contributed by atoms with Crippen molar-refractivity contribution in [1.82, 2.24) is 0 Å². The predicted molar refractivity (Wildman–Crippen MR) is 42.5 cm³/mol. The number of ether oxygens (including phenoxy) is 1. The van der Waals surface area contributed by atoms with Crippen molar-refractivity contribution >= 4 is 11.9 Å². The second-order valence-electron chi connectivity index (χ2n) is 2.25. The summed E-state index contributed by atoms with van der Waals surface area (Å²) in [4.78, 5) is 21.4. The van der Waals surface area contributed by atoms with Crippen molar-refractivity contribution in [1.29, 1.82) is 0 Å². The van der Waals surface area contributed by atoms with Gasteiger partial charge in [-0.15, -0.1) is 0 Å². The molecule has 0 fully saturated rings. The van der Waals surface area contributed by atoms with E-state index in [4.69, 9.17) is 0 Å². The Labute approximate surface area is 86.0 Å². The van der Waals surface area contributed by atoms with Gasteiger partial charge in [0.2, 0.25) is 0 Å². The Morgan fingerprint density at radius 3 is 2.15 bits per heavy atom. The molecule has 0 aromatic heterocycles. The maximum absolute atomic E-state index is 11.0. The Morgan fingerprint density at radius 2 is 1.69 bits per heavy atom. The van der Waals surface area contributed by atoms with E-state index in [0.29, 0.717) is 5.56 Å². The molecular formula is C9H8NiO3. The Balaban J connectivity index is 0.00000144. The summed E-state index contributed by atoms with van der Waals surface area (Å²) in [6.45, 7) is 1.20. The Morgan fingerprint density at radius 1 is 1.15 bits per heavy atom. The van der Waals surface area contributed by atoms with E-state index < -0.39 is 11.9 Å². The second-order valence-corrected chi connectivity index (χ2v) is 2.25. The van der Waals surface area contributed by atoms with Gasteiger partial charge in [-0.1, -0.05) is 18.2 Å². The van der Waals surface area contributed by atoms with Crippen LogP contribution in [0.5, 0.6) is 0 Å². The number of carbonyl (C=O) groups excluding carboxylic acids is 2. The molecule has 0 unspecified atom stereocenters. The predicted octanol–water partition coefficient (Wildman–Crippen LogP) is 1.39. The topological polar surface area (TPSA) is 43.4 Å². The molecule has 0 saturated carbocycles. The van der Waals surface area contributed by atoms with Gasteiger partial charge in [-0.05, 0) is 12.1 Å². The largest absolute Gasteiger partial charge is 0.390 e. The molecule has 0 N–H and O–H groups in total. The first-order valence-electron chi connectivity index (χ1n) is 3.48. The summed E-state index contributed by atoms with van der Waals surface area (Å²) >= 11 is 0. The monoisotopic (exact) mass is 222 g/mol. The molecule has 72 valence electrons. The minimum Gasteiger partial charge on any atom is -0.390 e. The van der Waals surface area contributed by atoms with Gasteiger partial charge in [-0.25, -0.2) is 4.79 Å². The number of rotatable bonds is 1. The summed E-state index contributed by atoms with van der Waals surface area (Å²) in [5, 5.41) is 0. The zero-order valence-electron chi connectivity index (χ0n) is 6.93. The molecule has 0 atom stereocenters. The molecule has 1 aromatic rings. The summed E-state index contributed by atoms with van der Waals surface area (Å²) < 4.78 is 4.36. The zero-order chi connectivity index (χ0) is 8.97. The van der Waals surface area contributed by atoms with Crippen LogP contribution in [0.15, 0.2) is 30.3 Å². The van der Waals surface area contributed by atoms with Crippen LogP contribution in [0.3, 0.4) is 0 Å². The summed E-state index contributed by atoms with van der Waals surface area (Å²) in [5.74, 6) is -1.20. The van der Waals surface area contributed by atoms with Crippen molar-refractivity contribution in [3.05, 3.63) is 35.9 Å². The van der Waals surface area contributed by atoms with E-state index in [0.717, 1.165) is 0 Å². The van der Waals surface area contributed by atoms with Gasteiger partial charge in [0.1, 0.15) is 0 Å². The normalized spacial score (nSPS) is 8.38. The molecule has 13 heavy (non-hydrogen) atoms. The summed E-state index contributed by atoms with van der Waals surface area (Å²) in [6.07, 6.45) is 0. The van der Waals surface area contributed by atoms with E-state index in [1.54, 1.807) is 30.3 Å². The molecule has 4 heteroatoms. The maximum atomic E-state index is 11.0. The third-order valence-electron chi connectivity index (χ3n) is 1.25. The smallest absolute Gasteiger partial charge is 0.345 e. The zero-order valence-corrected chi connectivity index (χ0v) is 7.92. The van der Waals surface area contributed by atoms with Crippen molar-refractivity contribution in [2.45, 2.75) is 6.92 Å². The van der Waals surface area contributed by atoms with Gasteiger partial charge < -0.3 is 4.74 Å². The third kappa shape index (κ3) is 3.86. The van der Waals surface area contributed by atoms with Crippen molar-refractivity contribution in [2.24, 2.45) is 0 Å².